The molecule has 0 saturated carbocycles. The van der Waals surface area contributed by atoms with E-state index >= 15 is 0 Å². The molecular formula is C23H26N2O3S. The fourth-order valence-corrected chi connectivity index (χ4v) is 3.99. The van der Waals surface area contributed by atoms with Crippen molar-refractivity contribution in [2.45, 2.75) is 26.7 Å². The zero-order chi connectivity index (χ0) is 20.8. The second-order valence-corrected chi connectivity index (χ2v) is 7.90. The topological polar surface area (TPSA) is 52.8 Å². The van der Waals surface area contributed by atoms with Gasteiger partial charge in [-0.1, -0.05) is 13.3 Å². The molecule has 0 saturated heterocycles. The first-order valence-electron chi connectivity index (χ1n) is 9.66. The summed E-state index contributed by atoms with van der Waals surface area (Å²) in [6, 6.07) is 15.0. The maximum Gasteiger partial charge on any atom is 0.279 e. The molecule has 0 spiro atoms. The van der Waals surface area contributed by atoms with E-state index < -0.39 is 0 Å². The van der Waals surface area contributed by atoms with Crippen LogP contribution in [-0.2, 0) is 7.05 Å². The molecule has 6 heteroatoms. The molecule has 3 rings (SSSR count). The van der Waals surface area contributed by atoms with Gasteiger partial charge < -0.3 is 14.0 Å². The molecule has 1 amide bonds. The maximum absolute atomic E-state index is 12.6. The lowest BCUT2D eigenvalue weighted by atomic mass is 10.1. The highest BCUT2D eigenvalue weighted by molar-refractivity contribution is 7.09. The molecule has 0 aliphatic heterocycles. The standard InChI is InChI=1S/C23H26N2O3S/c1-5-6-15-28-20-13-9-18(10-14-20)22(26)24-23-25(3)21(16(2)29-23)17-7-11-19(27-4)12-8-17/h7-14H,5-6,15H2,1-4H3. The van der Waals surface area contributed by atoms with Gasteiger partial charge in [0.15, 0.2) is 4.80 Å². The summed E-state index contributed by atoms with van der Waals surface area (Å²) in [5, 5.41) is 0. The lowest BCUT2D eigenvalue weighted by Gasteiger charge is -2.06. The van der Waals surface area contributed by atoms with Gasteiger partial charge in [0.05, 0.1) is 19.4 Å². The van der Waals surface area contributed by atoms with E-state index in [0.717, 1.165) is 40.5 Å². The van der Waals surface area contributed by atoms with Crippen molar-refractivity contribution in [1.29, 1.82) is 0 Å². The molecule has 0 unspecified atom stereocenters. The summed E-state index contributed by atoms with van der Waals surface area (Å²) in [6.45, 7) is 4.85. The number of aryl methyl sites for hydroxylation is 1. The molecule has 0 aliphatic carbocycles. The Hall–Kier alpha value is -2.86. The summed E-state index contributed by atoms with van der Waals surface area (Å²) in [7, 11) is 3.58. The van der Waals surface area contributed by atoms with Crippen LogP contribution in [0.15, 0.2) is 53.5 Å². The van der Waals surface area contributed by atoms with Crippen LogP contribution in [0.4, 0.5) is 0 Å². The summed E-state index contributed by atoms with van der Waals surface area (Å²) in [5.74, 6) is 1.32. The van der Waals surface area contributed by atoms with E-state index in [1.807, 2.05) is 54.9 Å². The van der Waals surface area contributed by atoms with Crippen LogP contribution in [0.5, 0.6) is 11.5 Å². The van der Waals surface area contributed by atoms with Crippen LogP contribution in [0.2, 0.25) is 0 Å². The molecule has 0 fully saturated rings. The van der Waals surface area contributed by atoms with Crippen LogP contribution in [0, 0.1) is 6.92 Å². The van der Waals surface area contributed by atoms with E-state index in [-0.39, 0.29) is 5.91 Å². The second-order valence-electron chi connectivity index (χ2n) is 6.72. The SMILES string of the molecule is CCCCOc1ccc(C(=O)N=c2sc(C)c(-c3ccc(OC)cc3)n2C)cc1. The second kappa shape index (κ2) is 9.56. The van der Waals surface area contributed by atoms with E-state index in [1.165, 1.54) is 11.3 Å². The summed E-state index contributed by atoms with van der Waals surface area (Å²) < 4.78 is 12.8. The number of unbranched alkanes of at least 4 members (excludes halogenated alkanes) is 1. The quantitative estimate of drug-likeness (QED) is 0.516. The van der Waals surface area contributed by atoms with Crippen molar-refractivity contribution in [1.82, 2.24) is 4.57 Å². The van der Waals surface area contributed by atoms with Crippen LogP contribution in [0.25, 0.3) is 11.3 Å². The van der Waals surface area contributed by atoms with Gasteiger partial charge in [-0.3, -0.25) is 4.79 Å². The third-order valence-corrected chi connectivity index (χ3v) is 5.68. The summed E-state index contributed by atoms with van der Waals surface area (Å²) >= 11 is 1.51. The minimum Gasteiger partial charge on any atom is -0.497 e. The number of hydrogen-bond donors (Lipinski definition) is 0. The van der Waals surface area contributed by atoms with Crippen molar-refractivity contribution in [3.05, 3.63) is 63.8 Å². The first-order chi connectivity index (χ1) is 14.0. The first-order valence-corrected chi connectivity index (χ1v) is 10.5. The average molecular weight is 411 g/mol. The Kier molecular flexibility index (Phi) is 6.88. The van der Waals surface area contributed by atoms with Gasteiger partial charge in [0.1, 0.15) is 11.5 Å². The smallest absolute Gasteiger partial charge is 0.279 e. The van der Waals surface area contributed by atoms with E-state index in [0.29, 0.717) is 17.0 Å². The summed E-state index contributed by atoms with van der Waals surface area (Å²) in [4.78, 5) is 18.8. The molecule has 29 heavy (non-hydrogen) atoms. The third-order valence-electron chi connectivity index (χ3n) is 4.63. The monoisotopic (exact) mass is 410 g/mol. The average Bonchev–Trinajstić information content (AvgIpc) is 3.01. The molecule has 5 nitrogen and oxygen atoms in total. The fraction of sp³-hybridized carbons (Fsp3) is 0.304. The maximum atomic E-state index is 12.6. The summed E-state index contributed by atoms with van der Waals surface area (Å²) in [5.41, 5.74) is 2.65. The van der Waals surface area contributed by atoms with Crippen molar-refractivity contribution in [3.63, 3.8) is 0 Å². The number of carbonyl (C=O) groups is 1. The van der Waals surface area contributed by atoms with Crippen molar-refractivity contribution >= 4 is 17.2 Å². The van der Waals surface area contributed by atoms with Gasteiger partial charge in [-0.05, 0) is 67.4 Å². The highest BCUT2D eigenvalue weighted by atomic mass is 32.1. The molecule has 0 bridgehead atoms. The first kappa shape index (κ1) is 20.9. The van der Waals surface area contributed by atoms with Crippen LogP contribution in [0.1, 0.15) is 35.0 Å². The molecule has 0 N–H and O–H groups in total. The van der Waals surface area contributed by atoms with Gasteiger partial charge in [0, 0.05) is 17.5 Å². The lowest BCUT2D eigenvalue weighted by Crippen LogP contribution is -2.14. The Balaban J connectivity index is 1.83. The molecule has 152 valence electrons. The Bertz CT molecular complexity index is 1030. The van der Waals surface area contributed by atoms with Crippen molar-refractivity contribution < 1.29 is 14.3 Å². The van der Waals surface area contributed by atoms with Crippen LogP contribution < -0.4 is 14.3 Å². The summed E-state index contributed by atoms with van der Waals surface area (Å²) in [6.07, 6.45) is 2.10. The highest BCUT2D eigenvalue weighted by Crippen LogP contribution is 2.26. The predicted octanol–water partition coefficient (Wildman–Crippen LogP) is 4.99. The number of hydrogen-bond acceptors (Lipinski definition) is 4. The molecule has 0 radical (unpaired) electrons. The normalized spacial score (nSPS) is 11.5. The number of aromatic nitrogens is 1. The Morgan fingerprint density at radius 1 is 1.07 bits per heavy atom. The highest BCUT2D eigenvalue weighted by Gasteiger charge is 2.12. The minimum absolute atomic E-state index is 0.261. The number of amides is 1. The molecule has 3 aromatic rings. The van der Waals surface area contributed by atoms with Crippen molar-refractivity contribution in [3.8, 4) is 22.8 Å². The Morgan fingerprint density at radius 2 is 1.72 bits per heavy atom. The van der Waals surface area contributed by atoms with E-state index in [4.69, 9.17) is 9.47 Å². The third kappa shape index (κ3) is 4.95. The Labute approximate surface area is 175 Å². The van der Waals surface area contributed by atoms with Gasteiger partial charge in [-0.2, -0.15) is 4.99 Å². The van der Waals surface area contributed by atoms with Gasteiger partial charge in [-0.25, -0.2) is 0 Å². The predicted molar refractivity (Wildman–Crippen MR) is 117 cm³/mol. The Morgan fingerprint density at radius 3 is 2.34 bits per heavy atom. The van der Waals surface area contributed by atoms with E-state index in [9.17, 15) is 4.79 Å². The number of benzene rings is 2. The number of rotatable bonds is 7. The number of ether oxygens (including phenoxy) is 2. The molecule has 1 heterocycles. The lowest BCUT2D eigenvalue weighted by molar-refractivity contribution is 0.0998. The largest absolute Gasteiger partial charge is 0.497 e. The van der Waals surface area contributed by atoms with E-state index in [2.05, 4.69) is 11.9 Å². The fourth-order valence-electron chi connectivity index (χ4n) is 3.01. The molecular weight excluding hydrogens is 384 g/mol. The van der Waals surface area contributed by atoms with Crippen LogP contribution in [0.3, 0.4) is 0 Å². The van der Waals surface area contributed by atoms with Crippen LogP contribution >= 0.6 is 11.3 Å². The molecule has 0 atom stereocenters. The number of thiazole rings is 1. The van der Waals surface area contributed by atoms with Gasteiger partial charge in [0.2, 0.25) is 0 Å². The van der Waals surface area contributed by atoms with Crippen LogP contribution in [-0.4, -0.2) is 24.2 Å². The van der Waals surface area contributed by atoms with Gasteiger partial charge in [-0.15, -0.1) is 11.3 Å². The van der Waals surface area contributed by atoms with Gasteiger partial charge in [0.25, 0.3) is 5.91 Å². The minimum atomic E-state index is -0.261. The number of nitrogens with zero attached hydrogens (tertiary/aromatic N) is 2. The molecule has 1 aromatic heterocycles. The zero-order valence-corrected chi connectivity index (χ0v) is 18.1. The molecule has 2 aromatic carbocycles. The molecule has 0 aliphatic rings. The van der Waals surface area contributed by atoms with E-state index in [1.54, 1.807) is 19.2 Å². The van der Waals surface area contributed by atoms with Crippen molar-refractivity contribution in [2.24, 2.45) is 12.0 Å². The zero-order valence-electron chi connectivity index (χ0n) is 17.3. The van der Waals surface area contributed by atoms with Crippen molar-refractivity contribution in [2.75, 3.05) is 13.7 Å². The number of carbonyl (C=O) groups excluding carboxylic acids is 1. The van der Waals surface area contributed by atoms with Gasteiger partial charge >= 0.3 is 0 Å². The number of methoxy groups -OCH3 is 1.